The number of nitrogens with zero attached hydrogens (tertiary/aromatic N) is 2. The summed E-state index contributed by atoms with van der Waals surface area (Å²) in [5.41, 5.74) is 1.91. The second kappa shape index (κ2) is 9.21. The summed E-state index contributed by atoms with van der Waals surface area (Å²) in [5, 5.41) is 0. The highest BCUT2D eigenvalue weighted by molar-refractivity contribution is 6.61. The standard InChI is InChI=1S/C23H36BN3O4/c1-8-23(6,7)31-24(29-9-2)16-12-13-17-18(15-16)26-20(25-17)19-11-10-14-27(19)21(28)30-22(3,4)5/h12-13,15,19H,8-11,14H2,1-7H3,(H,25,26). The number of ether oxygens (including phenoxy) is 1. The van der Waals surface area contributed by atoms with Crippen molar-refractivity contribution < 1.29 is 18.8 Å². The van der Waals surface area contributed by atoms with E-state index in [4.69, 9.17) is 19.0 Å². The van der Waals surface area contributed by atoms with Crippen LogP contribution in [-0.2, 0) is 14.0 Å². The molecule has 1 saturated heterocycles. The van der Waals surface area contributed by atoms with E-state index in [0.29, 0.717) is 13.2 Å². The molecule has 0 aliphatic carbocycles. The highest BCUT2D eigenvalue weighted by Crippen LogP contribution is 2.32. The highest BCUT2D eigenvalue weighted by Gasteiger charge is 2.35. The number of amides is 1. The van der Waals surface area contributed by atoms with Crippen LogP contribution < -0.4 is 5.46 Å². The fourth-order valence-corrected chi connectivity index (χ4v) is 3.66. The van der Waals surface area contributed by atoms with Crippen LogP contribution >= 0.6 is 0 Å². The largest absolute Gasteiger partial charge is 0.494 e. The maximum absolute atomic E-state index is 12.7. The van der Waals surface area contributed by atoms with Crippen molar-refractivity contribution in [1.82, 2.24) is 14.9 Å². The molecule has 7 nitrogen and oxygen atoms in total. The number of imidazole rings is 1. The molecule has 170 valence electrons. The Bertz CT molecular complexity index is 906. The maximum Gasteiger partial charge on any atom is 0.494 e. The first-order valence-corrected chi connectivity index (χ1v) is 11.3. The highest BCUT2D eigenvalue weighted by atomic mass is 16.6. The molecule has 0 bridgehead atoms. The van der Waals surface area contributed by atoms with Gasteiger partial charge in [0.05, 0.1) is 17.1 Å². The van der Waals surface area contributed by atoms with E-state index in [-0.39, 0.29) is 17.7 Å². The first kappa shape index (κ1) is 23.6. The zero-order valence-electron chi connectivity index (χ0n) is 19.9. The zero-order chi connectivity index (χ0) is 22.8. The van der Waals surface area contributed by atoms with Gasteiger partial charge in [-0.15, -0.1) is 0 Å². The second-order valence-corrected chi connectivity index (χ2v) is 9.75. The predicted molar refractivity (Wildman–Crippen MR) is 123 cm³/mol. The molecule has 0 saturated carbocycles. The third-order valence-electron chi connectivity index (χ3n) is 5.59. The molecule has 2 heterocycles. The van der Waals surface area contributed by atoms with Gasteiger partial charge in [-0.3, -0.25) is 4.90 Å². The maximum atomic E-state index is 12.7. The van der Waals surface area contributed by atoms with E-state index >= 15 is 0 Å². The minimum atomic E-state index is -0.520. The minimum Gasteiger partial charge on any atom is -0.444 e. The van der Waals surface area contributed by atoms with Gasteiger partial charge in [-0.05, 0) is 78.4 Å². The molecule has 1 aromatic carbocycles. The summed E-state index contributed by atoms with van der Waals surface area (Å²) in [5.74, 6) is 0.790. The molecule has 0 spiro atoms. The topological polar surface area (TPSA) is 76.7 Å². The number of likely N-dealkylation sites (tertiary alicyclic amines) is 1. The Kier molecular flexibility index (Phi) is 7.01. The number of aromatic amines is 1. The Morgan fingerprint density at radius 3 is 2.65 bits per heavy atom. The van der Waals surface area contributed by atoms with Gasteiger partial charge in [0.1, 0.15) is 11.4 Å². The van der Waals surface area contributed by atoms with E-state index in [1.807, 2.05) is 45.9 Å². The summed E-state index contributed by atoms with van der Waals surface area (Å²) in [6.45, 7) is 15.1. The average Bonchev–Trinajstić information content (AvgIpc) is 3.32. The number of carbonyl (C=O) groups is 1. The number of carbonyl (C=O) groups excluding carboxylic acids is 1. The summed E-state index contributed by atoms with van der Waals surface area (Å²) in [6.07, 6.45) is 2.39. The second-order valence-electron chi connectivity index (χ2n) is 9.75. The lowest BCUT2D eigenvalue weighted by molar-refractivity contribution is 0.0219. The summed E-state index contributed by atoms with van der Waals surface area (Å²) >= 11 is 0. The van der Waals surface area contributed by atoms with Gasteiger partial charge in [-0.25, -0.2) is 9.78 Å². The molecule has 1 fully saturated rings. The molecule has 3 rings (SSSR count). The average molecular weight is 429 g/mol. The van der Waals surface area contributed by atoms with Crippen molar-refractivity contribution in [2.24, 2.45) is 0 Å². The molecule has 1 amide bonds. The number of H-pyrrole nitrogens is 1. The van der Waals surface area contributed by atoms with Gasteiger partial charge in [0.2, 0.25) is 0 Å². The van der Waals surface area contributed by atoms with Crippen LogP contribution in [0.25, 0.3) is 11.0 Å². The third kappa shape index (κ3) is 5.80. The Morgan fingerprint density at radius 2 is 2.00 bits per heavy atom. The molecular formula is C23H36BN3O4. The smallest absolute Gasteiger partial charge is 0.444 e. The summed E-state index contributed by atoms with van der Waals surface area (Å²) in [6, 6.07) is 5.90. The third-order valence-corrected chi connectivity index (χ3v) is 5.59. The van der Waals surface area contributed by atoms with Gasteiger partial charge in [0, 0.05) is 18.8 Å². The number of hydrogen-bond acceptors (Lipinski definition) is 5. The lowest BCUT2D eigenvalue weighted by atomic mass is 9.77. The Morgan fingerprint density at radius 1 is 1.26 bits per heavy atom. The summed E-state index contributed by atoms with van der Waals surface area (Å²) < 4.78 is 17.7. The lowest BCUT2D eigenvalue weighted by Gasteiger charge is -2.28. The van der Waals surface area contributed by atoms with Crippen molar-refractivity contribution >= 4 is 29.7 Å². The van der Waals surface area contributed by atoms with Crippen molar-refractivity contribution in [2.45, 2.75) is 85.0 Å². The SMILES string of the molecule is CCOB(OC(C)(C)CC)c1ccc2nc(C3CCCN3C(=O)OC(C)(C)C)[nH]c2c1. The number of rotatable bonds is 7. The fraction of sp³-hybridized carbons (Fsp3) is 0.652. The molecule has 1 aliphatic heterocycles. The normalized spacial score (nSPS) is 17.4. The molecular weight excluding hydrogens is 393 g/mol. The Balaban J connectivity index is 1.85. The van der Waals surface area contributed by atoms with Crippen LogP contribution in [0.15, 0.2) is 18.2 Å². The van der Waals surface area contributed by atoms with Crippen LogP contribution in [0.2, 0.25) is 0 Å². The van der Waals surface area contributed by atoms with Crippen molar-refractivity contribution in [3.05, 3.63) is 24.0 Å². The van der Waals surface area contributed by atoms with Crippen molar-refractivity contribution in [2.75, 3.05) is 13.2 Å². The first-order valence-electron chi connectivity index (χ1n) is 11.3. The van der Waals surface area contributed by atoms with Gasteiger partial charge in [0.25, 0.3) is 0 Å². The molecule has 8 heteroatoms. The van der Waals surface area contributed by atoms with E-state index in [9.17, 15) is 4.79 Å². The van der Waals surface area contributed by atoms with E-state index in [1.165, 1.54) is 0 Å². The van der Waals surface area contributed by atoms with Gasteiger partial charge >= 0.3 is 13.2 Å². The lowest BCUT2D eigenvalue weighted by Crippen LogP contribution is -2.43. The number of aromatic nitrogens is 2. The van der Waals surface area contributed by atoms with E-state index in [2.05, 4.69) is 25.8 Å². The van der Waals surface area contributed by atoms with Crippen molar-refractivity contribution in [3.63, 3.8) is 0 Å². The first-order chi connectivity index (χ1) is 14.5. The fourth-order valence-electron chi connectivity index (χ4n) is 3.66. The number of nitrogens with one attached hydrogen (secondary N) is 1. The van der Waals surface area contributed by atoms with Crippen LogP contribution in [0.3, 0.4) is 0 Å². The van der Waals surface area contributed by atoms with E-state index in [0.717, 1.165) is 41.6 Å². The molecule has 2 aromatic rings. The molecule has 1 atom stereocenters. The summed E-state index contributed by atoms with van der Waals surface area (Å²) in [4.78, 5) is 22.6. The van der Waals surface area contributed by atoms with Crippen molar-refractivity contribution in [3.8, 4) is 0 Å². The number of benzene rings is 1. The Hall–Kier alpha value is -2.06. The number of hydrogen-bond donors (Lipinski definition) is 1. The van der Waals surface area contributed by atoms with Gasteiger partial charge in [-0.1, -0.05) is 13.0 Å². The Labute approximate surface area is 186 Å². The van der Waals surface area contributed by atoms with Crippen LogP contribution in [0.1, 0.15) is 79.6 Å². The molecule has 1 aliphatic rings. The van der Waals surface area contributed by atoms with Crippen LogP contribution in [0.5, 0.6) is 0 Å². The van der Waals surface area contributed by atoms with E-state index in [1.54, 1.807) is 4.90 Å². The zero-order valence-corrected chi connectivity index (χ0v) is 19.9. The van der Waals surface area contributed by atoms with Crippen LogP contribution in [-0.4, -0.2) is 52.4 Å². The molecule has 0 radical (unpaired) electrons. The van der Waals surface area contributed by atoms with Crippen molar-refractivity contribution in [1.29, 1.82) is 0 Å². The van der Waals surface area contributed by atoms with Gasteiger partial charge in [0.15, 0.2) is 0 Å². The van der Waals surface area contributed by atoms with Crippen LogP contribution in [0.4, 0.5) is 4.79 Å². The minimum absolute atomic E-state index is 0.108. The molecule has 1 aromatic heterocycles. The number of fused-ring (bicyclic) bond motifs is 1. The molecule has 31 heavy (non-hydrogen) atoms. The monoisotopic (exact) mass is 429 g/mol. The molecule has 1 N–H and O–H groups in total. The van der Waals surface area contributed by atoms with Gasteiger partial charge < -0.3 is 19.0 Å². The van der Waals surface area contributed by atoms with E-state index < -0.39 is 12.7 Å². The quantitative estimate of drug-likeness (QED) is 0.653. The van der Waals surface area contributed by atoms with Gasteiger partial charge in [-0.2, -0.15) is 0 Å². The summed E-state index contributed by atoms with van der Waals surface area (Å²) in [7, 11) is -0.444. The van der Waals surface area contributed by atoms with Crippen LogP contribution in [0, 0.1) is 0 Å². The predicted octanol–water partition coefficient (Wildman–Crippen LogP) is 4.57. The molecule has 1 unspecified atom stereocenters.